The summed E-state index contributed by atoms with van der Waals surface area (Å²) in [4.78, 5) is 12.3. The molecule has 0 atom stereocenters. The maximum absolute atomic E-state index is 12.3. The maximum Gasteiger partial charge on any atom is 0.255 e. The molecule has 0 radical (unpaired) electrons. The molecule has 2 rings (SSSR count). The highest BCUT2D eigenvalue weighted by atomic mass is 16.5. The van der Waals surface area contributed by atoms with E-state index in [1.54, 1.807) is 12.1 Å². The van der Waals surface area contributed by atoms with Crippen LogP contribution in [0.15, 0.2) is 42.5 Å². The van der Waals surface area contributed by atoms with Crippen LogP contribution in [-0.2, 0) is 0 Å². The van der Waals surface area contributed by atoms with Gasteiger partial charge < -0.3 is 10.1 Å². The molecule has 122 valence electrons. The van der Waals surface area contributed by atoms with Crippen LogP contribution in [0.2, 0.25) is 0 Å². The molecule has 1 amide bonds. The van der Waals surface area contributed by atoms with Gasteiger partial charge in [-0.15, -0.1) is 0 Å². The number of amides is 1. The zero-order valence-electron chi connectivity index (χ0n) is 14.3. The van der Waals surface area contributed by atoms with Crippen LogP contribution in [0.25, 0.3) is 0 Å². The molecule has 23 heavy (non-hydrogen) atoms. The van der Waals surface area contributed by atoms with Gasteiger partial charge in [0.2, 0.25) is 0 Å². The van der Waals surface area contributed by atoms with Crippen molar-refractivity contribution >= 4 is 11.6 Å². The summed E-state index contributed by atoms with van der Waals surface area (Å²) >= 11 is 0. The van der Waals surface area contributed by atoms with Crippen LogP contribution in [0.4, 0.5) is 5.69 Å². The Labute approximate surface area is 138 Å². The smallest absolute Gasteiger partial charge is 0.255 e. The summed E-state index contributed by atoms with van der Waals surface area (Å²) in [6, 6.07) is 13.3. The van der Waals surface area contributed by atoms with Crippen LogP contribution >= 0.6 is 0 Å². The average Bonchev–Trinajstić information content (AvgIpc) is 2.51. The van der Waals surface area contributed by atoms with Crippen molar-refractivity contribution < 1.29 is 9.53 Å². The summed E-state index contributed by atoms with van der Waals surface area (Å²) in [5.41, 5.74) is 3.66. The highest BCUT2D eigenvalue weighted by Gasteiger charge is 2.08. The van der Waals surface area contributed by atoms with Gasteiger partial charge in [0.15, 0.2) is 0 Å². The Bertz CT molecular complexity index is 660. The molecule has 0 fully saturated rings. The lowest BCUT2D eigenvalue weighted by molar-refractivity contribution is 0.102. The molecular formula is C20H25NO2. The summed E-state index contributed by atoms with van der Waals surface area (Å²) in [5.74, 6) is 1.32. The fourth-order valence-electron chi connectivity index (χ4n) is 2.18. The number of carbonyl (C=O) groups excluding carboxylic acids is 1. The second kappa shape index (κ2) is 7.82. The monoisotopic (exact) mass is 311 g/mol. The average molecular weight is 311 g/mol. The third-order valence-corrected chi connectivity index (χ3v) is 3.72. The zero-order chi connectivity index (χ0) is 16.8. The minimum Gasteiger partial charge on any atom is -0.494 e. The van der Waals surface area contributed by atoms with E-state index in [1.807, 2.05) is 44.2 Å². The largest absolute Gasteiger partial charge is 0.494 e. The van der Waals surface area contributed by atoms with Crippen LogP contribution in [0.3, 0.4) is 0 Å². The van der Waals surface area contributed by atoms with E-state index in [4.69, 9.17) is 4.74 Å². The van der Waals surface area contributed by atoms with Crippen molar-refractivity contribution in [3.8, 4) is 5.75 Å². The summed E-state index contributed by atoms with van der Waals surface area (Å²) in [6.07, 6.45) is 1.02. The Balaban J connectivity index is 1.98. The van der Waals surface area contributed by atoms with E-state index in [0.717, 1.165) is 29.0 Å². The van der Waals surface area contributed by atoms with Gasteiger partial charge in [-0.2, -0.15) is 0 Å². The number of carbonyl (C=O) groups is 1. The lowest BCUT2D eigenvalue weighted by Crippen LogP contribution is -2.12. The van der Waals surface area contributed by atoms with E-state index in [9.17, 15) is 4.79 Å². The lowest BCUT2D eigenvalue weighted by Gasteiger charge is -2.11. The zero-order valence-corrected chi connectivity index (χ0v) is 14.3. The highest BCUT2D eigenvalue weighted by molar-refractivity contribution is 6.04. The van der Waals surface area contributed by atoms with Gasteiger partial charge in [0, 0.05) is 11.3 Å². The van der Waals surface area contributed by atoms with E-state index < -0.39 is 0 Å². The third kappa shape index (κ3) is 5.13. The molecule has 0 bridgehead atoms. The molecule has 3 heteroatoms. The molecule has 2 aromatic carbocycles. The van der Waals surface area contributed by atoms with E-state index in [1.165, 1.54) is 0 Å². The van der Waals surface area contributed by atoms with Gasteiger partial charge in [-0.25, -0.2) is 0 Å². The predicted octanol–water partition coefficient (Wildman–Crippen LogP) is 4.98. The van der Waals surface area contributed by atoms with E-state index in [-0.39, 0.29) is 5.91 Å². The normalized spacial score (nSPS) is 10.7. The Hall–Kier alpha value is -2.29. The number of anilines is 1. The highest BCUT2D eigenvalue weighted by Crippen LogP contribution is 2.19. The van der Waals surface area contributed by atoms with Gasteiger partial charge in [-0.3, -0.25) is 4.79 Å². The SMILES string of the molecule is Cc1ccc(C)c(NC(=O)c2ccc(OCCC(C)C)cc2)c1. The maximum atomic E-state index is 12.3. The second-order valence-electron chi connectivity index (χ2n) is 6.33. The van der Waals surface area contributed by atoms with E-state index >= 15 is 0 Å². The van der Waals surface area contributed by atoms with Crippen molar-refractivity contribution in [3.63, 3.8) is 0 Å². The minimum atomic E-state index is -0.104. The molecule has 0 unspecified atom stereocenters. The number of nitrogens with one attached hydrogen (secondary N) is 1. The third-order valence-electron chi connectivity index (χ3n) is 3.72. The first kappa shape index (κ1) is 17.1. The topological polar surface area (TPSA) is 38.3 Å². The first-order valence-electron chi connectivity index (χ1n) is 8.07. The fourth-order valence-corrected chi connectivity index (χ4v) is 2.18. The number of benzene rings is 2. The molecule has 0 aliphatic rings. The Kier molecular flexibility index (Phi) is 5.80. The molecule has 0 saturated heterocycles. The number of hydrogen-bond donors (Lipinski definition) is 1. The van der Waals surface area contributed by atoms with Crippen molar-refractivity contribution in [2.24, 2.45) is 5.92 Å². The quantitative estimate of drug-likeness (QED) is 0.817. The summed E-state index contributed by atoms with van der Waals surface area (Å²) in [5, 5.41) is 2.97. The van der Waals surface area contributed by atoms with E-state index in [2.05, 4.69) is 19.2 Å². The number of hydrogen-bond acceptors (Lipinski definition) is 2. The standard InChI is InChI=1S/C20H25NO2/c1-14(2)11-12-23-18-9-7-17(8-10-18)20(22)21-19-13-15(3)5-6-16(19)4/h5-10,13-14H,11-12H2,1-4H3,(H,21,22). The molecule has 0 aliphatic heterocycles. The van der Waals surface area contributed by atoms with Crippen molar-refractivity contribution in [2.75, 3.05) is 11.9 Å². The number of aryl methyl sites for hydroxylation is 2. The van der Waals surface area contributed by atoms with Gasteiger partial charge >= 0.3 is 0 Å². The van der Waals surface area contributed by atoms with Crippen LogP contribution in [0, 0.1) is 19.8 Å². The molecule has 0 aromatic heterocycles. The van der Waals surface area contributed by atoms with Crippen molar-refractivity contribution in [2.45, 2.75) is 34.1 Å². The van der Waals surface area contributed by atoms with Crippen molar-refractivity contribution in [1.29, 1.82) is 0 Å². The summed E-state index contributed by atoms with van der Waals surface area (Å²) in [6.45, 7) is 9.04. The fraction of sp³-hybridized carbons (Fsp3) is 0.350. The van der Waals surface area contributed by atoms with Crippen LogP contribution in [-0.4, -0.2) is 12.5 Å². The predicted molar refractivity (Wildman–Crippen MR) is 95.3 cm³/mol. The van der Waals surface area contributed by atoms with Gasteiger partial charge in [0.1, 0.15) is 5.75 Å². The molecule has 0 spiro atoms. The molecule has 0 heterocycles. The van der Waals surface area contributed by atoms with E-state index in [0.29, 0.717) is 18.1 Å². The Morgan fingerprint density at radius 2 is 1.78 bits per heavy atom. The van der Waals surface area contributed by atoms with Crippen LogP contribution in [0.1, 0.15) is 41.8 Å². The minimum absolute atomic E-state index is 0.104. The molecule has 0 saturated carbocycles. The van der Waals surface area contributed by atoms with Crippen molar-refractivity contribution in [3.05, 3.63) is 59.2 Å². The second-order valence-corrected chi connectivity index (χ2v) is 6.33. The number of ether oxygens (including phenoxy) is 1. The molecule has 0 aliphatic carbocycles. The van der Waals surface area contributed by atoms with Crippen molar-refractivity contribution in [1.82, 2.24) is 0 Å². The first-order valence-corrected chi connectivity index (χ1v) is 8.07. The Morgan fingerprint density at radius 3 is 2.43 bits per heavy atom. The molecule has 2 aromatic rings. The summed E-state index contributed by atoms with van der Waals surface area (Å²) in [7, 11) is 0. The lowest BCUT2D eigenvalue weighted by atomic mass is 10.1. The van der Waals surface area contributed by atoms with Crippen LogP contribution < -0.4 is 10.1 Å². The first-order chi connectivity index (χ1) is 11.0. The van der Waals surface area contributed by atoms with Gasteiger partial charge in [-0.1, -0.05) is 26.0 Å². The summed E-state index contributed by atoms with van der Waals surface area (Å²) < 4.78 is 5.67. The van der Waals surface area contributed by atoms with Gasteiger partial charge in [-0.05, 0) is 67.6 Å². The Morgan fingerprint density at radius 1 is 1.09 bits per heavy atom. The van der Waals surface area contributed by atoms with Crippen LogP contribution in [0.5, 0.6) is 5.75 Å². The molecular weight excluding hydrogens is 286 g/mol. The van der Waals surface area contributed by atoms with Gasteiger partial charge in [0.25, 0.3) is 5.91 Å². The number of rotatable bonds is 6. The van der Waals surface area contributed by atoms with Gasteiger partial charge in [0.05, 0.1) is 6.61 Å². The molecule has 3 nitrogen and oxygen atoms in total. The molecule has 1 N–H and O–H groups in total.